The smallest absolute Gasteiger partial charge is 0.268 e. The van der Waals surface area contributed by atoms with Gasteiger partial charge in [-0.3, -0.25) is 4.79 Å². The van der Waals surface area contributed by atoms with E-state index >= 15 is 0 Å². The van der Waals surface area contributed by atoms with E-state index in [9.17, 15) is 14.6 Å². The van der Waals surface area contributed by atoms with Gasteiger partial charge in [-0.25, -0.2) is 0 Å². The summed E-state index contributed by atoms with van der Waals surface area (Å²) >= 11 is -1.20. The van der Waals surface area contributed by atoms with Crippen LogP contribution in [0.4, 0.5) is 0 Å². The number of hydrogen-bond acceptors (Lipinski definition) is 4. The van der Waals surface area contributed by atoms with E-state index in [2.05, 4.69) is 35.1 Å². The summed E-state index contributed by atoms with van der Waals surface area (Å²) in [6, 6.07) is 23.6. The quantitative estimate of drug-likeness (QED) is 0.646. The second kappa shape index (κ2) is 8.88. The largest absolute Gasteiger partial charge is 0.598 e. The van der Waals surface area contributed by atoms with E-state index in [1.807, 2.05) is 36.4 Å². The average molecular weight is 418 g/mol. The maximum absolute atomic E-state index is 13.0. The molecule has 3 unspecified atom stereocenters. The number of rotatable bonds is 5. The molecule has 0 fully saturated rings. The zero-order valence-electron chi connectivity index (χ0n) is 16.7. The fourth-order valence-corrected chi connectivity index (χ4v) is 4.95. The van der Waals surface area contributed by atoms with E-state index in [1.165, 1.54) is 0 Å². The maximum Gasteiger partial charge on any atom is 0.268 e. The fourth-order valence-electron chi connectivity index (χ4n) is 4.25. The predicted octanol–water partition coefficient (Wildman–Crippen LogP) is 3.37. The molecule has 2 heterocycles. The molecule has 1 aliphatic heterocycles. The summed E-state index contributed by atoms with van der Waals surface area (Å²) in [5, 5.41) is 9.34. The van der Waals surface area contributed by atoms with E-state index in [0.717, 1.165) is 28.8 Å². The number of benzene rings is 2. The molecule has 0 saturated carbocycles. The van der Waals surface area contributed by atoms with Gasteiger partial charge in [0.25, 0.3) is 5.56 Å². The molecule has 3 aromatic rings. The number of aromatic nitrogens is 1. The molecular weight excluding hydrogens is 394 g/mol. The SMILES string of the molecule is C[S+]([O-])NC1CCc2ccc(C#N)c(=O)n2C1Cc1cccc(-c2ccccc2)c1. The molecule has 5 nitrogen and oxygen atoms in total. The van der Waals surface area contributed by atoms with E-state index < -0.39 is 11.4 Å². The highest BCUT2D eigenvalue weighted by Crippen LogP contribution is 2.29. The zero-order chi connectivity index (χ0) is 21.1. The molecular formula is C24H23N3O2S. The highest BCUT2D eigenvalue weighted by atomic mass is 32.2. The van der Waals surface area contributed by atoms with Crippen LogP contribution in [0.5, 0.6) is 0 Å². The van der Waals surface area contributed by atoms with Gasteiger partial charge in [0.05, 0.1) is 12.1 Å². The molecule has 30 heavy (non-hydrogen) atoms. The van der Waals surface area contributed by atoms with Crippen molar-refractivity contribution in [1.29, 1.82) is 5.26 Å². The number of pyridine rings is 1. The van der Waals surface area contributed by atoms with E-state index in [-0.39, 0.29) is 23.2 Å². The van der Waals surface area contributed by atoms with Crippen molar-refractivity contribution >= 4 is 11.4 Å². The Hall–Kier alpha value is -2.85. The first-order valence-electron chi connectivity index (χ1n) is 9.95. The fraction of sp³-hybridized carbons (Fsp3) is 0.250. The number of hydrogen-bond donors (Lipinski definition) is 1. The van der Waals surface area contributed by atoms with Crippen LogP contribution in [0.1, 0.15) is 29.3 Å². The van der Waals surface area contributed by atoms with Crippen molar-refractivity contribution < 1.29 is 4.55 Å². The second-order valence-corrected chi connectivity index (χ2v) is 8.72. The molecule has 0 spiro atoms. The molecule has 0 bridgehead atoms. The monoisotopic (exact) mass is 417 g/mol. The van der Waals surface area contributed by atoms with E-state index in [1.54, 1.807) is 16.9 Å². The lowest BCUT2D eigenvalue weighted by Gasteiger charge is -2.35. The van der Waals surface area contributed by atoms with Crippen molar-refractivity contribution in [3.63, 3.8) is 0 Å². The number of nitrogens with one attached hydrogen (secondary N) is 1. The van der Waals surface area contributed by atoms with Crippen LogP contribution >= 0.6 is 0 Å². The first kappa shape index (κ1) is 20.4. The van der Waals surface area contributed by atoms with Crippen LogP contribution in [0.3, 0.4) is 0 Å². The lowest BCUT2D eigenvalue weighted by Crippen LogP contribution is -2.48. The number of nitriles is 1. The minimum atomic E-state index is -1.20. The van der Waals surface area contributed by atoms with Gasteiger partial charge in [-0.2, -0.15) is 5.26 Å². The Morgan fingerprint density at radius 1 is 1.13 bits per heavy atom. The summed E-state index contributed by atoms with van der Waals surface area (Å²) in [6.07, 6.45) is 3.71. The Labute approximate surface area is 179 Å². The third-order valence-electron chi connectivity index (χ3n) is 5.63. The number of aryl methyl sites for hydroxylation is 1. The van der Waals surface area contributed by atoms with Gasteiger partial charge in [0.15, 0.2) is 0 Å². The van der Waals surface area contributed by atoms with Crippen molar-refractivity contribution in [3.8, 4) is 17.2 Å². The first-order valence-corrected chi connectivity index (χ1v) is 11.5. The number of nitrogens with zero attached hydrogens (tertiary/aromatic N) is 2. The highest BCUT2D eigenvalue weighted by Gasteiger charge is 2.33. The van der Waals surface area contributed by atoms with Crippen molar-refractivity contribution in [2.75, 3.05) is 6.26 Å². The zero-order valence-corrected chi connectivity index (χ0v) is 17.6. The van der Waals surface area contributed by atoms with Crippen LogP contribution in [-0.2, 0) is 24.2 Å². The van der Waals surface area contributed by atoms with Crippen molar-refractivity contribution in [2.45, 2.75) is 31.3 Å². The van der Waals surface area contributed by atoms with Crippen LogP contribution in [0.2, 0.25) is 0 Å². The third kappa shape index (κ3) is 4.19. The minimum absolute atomic E-state index is 0.115. The standard InChI is InChI=1S/C24H23N3O2S/c1-30(29)26-22-13-12-21-11-10-20(16-25)24(28)27(21)23(22)15-17-6-5-9-19(14-17)18-7-3-2-4-8-18/h2-11,14,22-23,26H,12-13,15H2,1H3. The number of fused-ring (bicyclic) bond motifs is 1. The van der Waals surface area contributed by atoms with Crippen molar-refractivity contribution in [3.05, 3.63) is 93.9 Å². The summed E-state index contributed by atoms with van der Waals surface area (Å²) in [6.45, 7) is 0. The molecule has 3 atom stereocenters. The third-order valence-corrected chi connectivity index (χ3v) is 6.26. The lowest BCUT2D eigenvalue weighted by molar-refractivity contribution is 0.315. The Bertz CT molecular complexity index is 1140. The highest BCUT2D eigenvalue weighted by molar-refractivity contribution is 7.88. The molecule has 4 rings (SSSR count). The van der Waals surface area contributed by atoms with Gasteiger partial charge in [-0.1, -0.05) is 54.6 Å². The van der Waals surface area contributed by atoms with Gasteiger partial charge in [0.2, 0.25) is 0 Å². The average Bonchev–Trinajstić information content (AvgIpc) is 2.76. The second-order valence-electron chi connectivity index (χ2n) is 7.58. The molecule has 0 saturated heterocycles. The molecule has 1 N–H and O–H groups in total. The maximum atomic E-state index is 13.0. The van der Waals surface area contributed by atoms with Crippen molar-refractivity contribution in [2.24, 2.45) is 0 Å². The molecule has 152 valence electrons. The first-order chi connectivity index (χ1) is 14.6. The van der Waals surface area contributed by atoms with E-state index in [4.69, 9.17) is 0 Å². The Morgan fingerprint density at radius 2 is 1.90 bits per heavy atom. The van der Waals surface area contributed by atoms with Crippen molar-refractivity contribution in [1.82, 2.24) is 9.29 Å². The molecule has 1 aromatic heterocycles. The van der Waals surface area contributed by atoms with Gasteiger partial charge < -0.3 is 9.12 Å². The predicted molar refractivity (Wildman–Crippen MR) is 119 cm³/mol. The normalized spacial score (nSPS) is 19.0. The Balaban J connectivity index is 1.74. The van der Waals surface area contributed by atoms with Crippen LogP contribution in [0, 0.1) is 11.3 Å². The van der Waals surface area contributed by atoms with E-state index in [0.29, 0.717) is 12.8 Å². The minimum Gasteiger partial charge on any atom is -0.598 e. The van der Waals surface area contributed by atoms with Crippen LogP contribution in [0.15, 0.2) is 71.5 Å². The van der Waals surface area contributed by atoms with Gasteiger partial charge in [-0.05, 0) is 48.1 Å². The molecule has 2 aromatic carbocycles. The summed E-state index contributed by atoms with van der Waals surface area (Å²) in [7, 11) is 0. The van der Waals surface area contributed by atoms with Gasteiger partial charge in [0, 0.05) is 17.1 Å². The lowest BCUT2D eigenvalue weighted by atomic mass is 9.90. The van der Waals surface area contributed by atoms with Gasteiger partial charge in [0.1, 0.15) is 17.9 Å². The molecule has 6 heteroatoms. The summed E-state index contributed by atoms with van der Waals surface area (Å²) < 4.78 is 16.8. The molecule has 0 aliphatic carbocycles. The summed E-state index contributed by atoms with van der Waals surface area (Å²) in [5.74, 6) is 0. The Morgan fingerprint density at radius 3 is 2.63 bits per heavy atom. The summed E-state index contributed by atoms with van der Waals surface area (Å²) in [4.78, 5) is 13.0. The molecule has 1 aliphatic rings. The molecule has 0 radical (unpaired) electrons. The molecule has 0 amide bonds. The van der Waals surface area contributed by atoms with Gasteiger partial charge >= 0.3 is 0 Å². The topological polar surface area (TPSA) is 80.9 Å². The van der Waals surface area contributed by atoms with Crippen LogP contribution in [-0.4, -0.2) is 21.4 Å². The summed E-state index contributed by atoms with van der Waals surface area (Å²) in [5.41, 5.74) is 4.13. The van der Waals surface area contributed by atoms with Gasteiger partial charge in [-0.15, -0.1) is 4.72 Å². The van der Waals surface area contributed by atoms with Crippen LogP contribution < -0.4 is 10.3 Å². The Kier molecular flexibility index (Phi) is 6.05. The van der Waals surface area contributed by atoms with Crippen LogP contribution in [0.25, 0.3) is 11.1 Å².